The lowest BCUT2D eigenvalue weighted by molar-refractivity contribution is 0.0555. The van der Waals surface area contributed by atoms with Crippen LogP contribution in [0.3, 0.4) is 0 Å². The first-order valence-corrected chi connectivity index (χ1v) is 10.7. The van der Waals surface area contributed by atoms with Gasteiger partial charge in [-0.1, -0.05) is 19.3 Å². The number of allylic oxidation sites excluding steroid dienone is 1. The summed E-state index contributed by atoms with van der Waals surface area (Å²) in [4.78, 5) is 15.2. The van der Waals surface area contributed by atoms with Gasteiger partial charge < -0.3 is 14.4 Å². The smallest absolute Gasteiger partial charge is 0.254 e. The van der Waals surface area contributed by atoms with Crippen molar-refractivity contribution in [2.75, 3.05) is 6.61 Å². The van der Waals surface area contributed by atoms with E-state index in [2.05, 4.69) is 24.8 Å². The third kappa shape index (κ3) is 5.18. The van der Waals surface area contributed by atoms with E-state index in [1.54, 1.807) is 0 Å². The fourth-order valence-electron chi connectivity index (χ4n) is 4.12. The number of benzene rings is 1. The number of carbonyl (C=O) groups excluding carboxylic acids is 1. The Morgan fingerprint density at radius 3 is 2.43 bits per heavy atom. The average Bonchev–Trinajstić information content (AvgIpc) is 2.71. The van der Waals surface area contributed by atoms with Crippen LogP contribution in [0.2, 0.25) is 0 Å². The van der Waals surface area contributed by atoms with Crippen LogP contribution in [-0.4, -0.2) is 35.6 Å². The summed E-state index contributed by atoms with van der Waals surface area (Å²) in [7, 11) is 0. The molecular formula is C24H33NO3. The number of hydrogen-bond acceptors (Lipinski definition) is 3. The van der Waals surface area contributed by atoms with E-state index in [1.807, 2.05) is 43.3 Å². The van der Waals surface area contributed by atoms with Gasteiger partial charge in [0.15, 0.2) is 0 Å². The summed E-state index contributed by atoms with van der Waals surface area (Å²) in [5.74, 6) is 1.82. The quantitative estimate of drug-likeness (QED) is 0.624. The highest BCUT2D eigenvalue weighted by Crippen LogP contribution is 2.27. The molecule has 4 heteroatoms. The Bertz CT molecular complexity index is 699. The van der Waals surface area contributed by atoms with Crippen molar-refractivity contribution in [3.63, 3.8) is 0 Å². The highest BCUT2D eigenvalue weighted by Gasteiger charge is 2.28. The van der Waals surface area contributed by atoms with Crippen LogP contribution in [0.4, 0.5) is 0 Å². The molecule has 0 N–H and O–H groups in total. The molecule has 0 aromatic heterocycles. The van der Waals surface area contributed by atoms with E-state index < -0.39 is 0 Å². The summed E-state index contributed by atoms with van der Waals surface area (Å²) in [5.41, 5.74) is 0.740. The van der Waals surface area contributed by atoms with E-state index >= 15 is 0 Å². The first kappa shape index (κ1) is 20.5. The van der Waals surface area contributed by atoms with Gasteiger partial charge in [-0.15, -0.1) is 0 Å². The molecule has 0 aliphatic heterocycles. The molecule has 0 bridgehead atoms. The Morgan fingerprint density at radius 1 is 1.14 bits per heavy atom. The van der Waals surface area contributed by atoms with Crippen molar-refractivity contribution in [3.05, 3.63) is 53.8 Å². The predicted molar refractivity (Wildman–Crippen MR) is 113 cm³/mol. The number of nitrogens with zero attached hydrogens (tertiary/aromatic N) is 1. The summed E-state index contributed by atoms with van der Waals surface area (Å²) >= 11 is 0. The van der Waals surface area contributed by atoms with Crippen LogP contribution in [0.25, 0.3) is 0 Å². The van der Waals surface area contributed by atoms with Crippen molar-refractivity contribution in [2.24, 2.45) is 0 Å². The Morgan fingerprint density at radius 2 is 1.86 bits per heavy atom. The molecule has 1 aromatic rings. The molecule has 3 rings (SSSR count). The molecule has 28 heavy (non-hydrogen) atoms. The van der Waals surface area contributed by atoms with Crippen molar-refractivity contribution >= 4 is 5.91 Å². The van der Waals surface area contributed by atoms with Crippen LogP contribution in [0.1, 0.15) is 69.7 Å². The maximum Gasteiger partial charge on any atom is 0.254 e. The van der Waals surface area contributed by atoms with Gasteiger partial charge in [0.05, 0.1) is 6.61 Å². The minimum atomic E-state index is 0.000147. The normalized spacial score (nSPS) is 20.0. The molecule has 0 heterocycles. The minimum Gasteiger partial charge on any atom is -0.494 e. The van der Waals surface area contributed by atoms with E-state index in [1.165, 1.54) is 19.3 Å². The molecule has 2 aliphatic carbocycles. The number of hydrogen-bond donors (Lipinski definition) is 0. The van der Waals surface area contributed by atoms with E-state index in [-0.39, 0.29) is 18.1 Å². The van der Waals surface area contributed by atoms with Crippen molar-refractivity contribution in [1.29, 1.82) is 0 Å². The fraction of sp³-hybridized carbons (Fsp3) is 0.542. The number of ether oxygens (including phenoxy) is 2. The third-order valence-corrected chi connectivity index (χ3v) is 5.49. The van der Waals surface area contributed by atoms with E-state index in [9.17, 15) is 4.79 Å². The topological polar surface area (TPSA) is 38.8 Å². The number of rotatable bonds is 7. The first-order chi connectivity index (χ1) is 13.6. The molecule has 4 nitrogen and oxygen atoms in total. The van der Waals surface area contributed by atoms with Gasteiger partial charge in [0.2, 0.25) is 0 Å². The van der Waals surface area contributed by atoms with Crippen molar-refractivity contribution in [2.45, 2.75) is 77.5 Å². The zero-order valence-corrected chi connectivity index (χ0v) is 17.4. The number of amides is 1. The Labute approximate surface area is 169 Å². The molecule has 2 aliphatic rings. The van der Waals surface area contributed by atoms with Gasteiger partial charge in [-0.05, 0) is 76.1 Å². The van der Waals surface area contributed by atoms with Crippen LogP contribution in [-0.2, 0) is 4.74 Å². The third-order valence-electron chi connectivity index (χ3n) is 5.49. The largest absolute Gasteiger partial charge is 0.494 e. The molecule has 1 aromatic carbocycles. The Hall–Kier alpha value is -2.23. The van der Waals surface area contributed by atoms with Crippen LogP contribution >= 0.6 is 0 Å². The first-order valence-electron chi connectivity index (χ1n) is 10.7. The van der Waals surface area contributed by atoms with Crippen molar-refractivity contribution in [3.8, 4) is 5.75 Å². The van der Waals surface area contributed by atoms with Gasteiger partial charge >= 0.3 is 0 Å². The van der Waals surface area contributed by atoms with Gasteiger partial charge in [0.1, 0.15) is 17.6 Å². The maximum absolute atomic E-state index is 13.1. The molecule has 0 spiro atoms. The summed E-state index contributed by atoms with van der Waals surface area (Å²) in [6, 6.07) is 8.18. The van der Waals surface area contributed by atoms with Gasteiger partial charge in [0, 0.05) is 24.1 Å². The molecule has 1 atom stereocenters. The molecule has 0 saturated heterocycles. The van der Waals surface area contributed by atoms with Gasteiger partial charge in [-0.25, -0.2) is 0 Å². The molecule has 0 radical (unpaired) electrons. The van der Waals surface area contributed by atoms with Crippen molar-refractivity contribution in [1.82, 2.24) is 4.90 Å². The van der Waals surface area contributed by atoms with Gasteiger partial charge in [-0.2, -0.15) is 0 Å². The Kier molecular flexibility index (Phi) is 7.18. The summed E-state index contributed by atoms with van der Waals surface area (Å²) in [6.45, 7) is 6.88. The molecular weight excluding hydrogens is 350 g/mol. The van der Waals surface area contributed by atoms with E-state index in [0.29, 0.717) is 12.6 Å². The second-order valence-electron chi connectivity index (χ2n) is 7.91. The van der Waals surface area contributed by atoms with Crippen LogP contribution in [0, 0.1) is 0 Å². The fourth-order valence-corrected chi connectivity index (χ4v) is 4.12. The van der Waals surface area contributed by atoms with Crippen molar-refractivity contribution < 1.29 is 14.3 Å². The second kappa shape index (κ2) is 9.81. The molecule has 152 valence electrons. The predicted octanol–water partition coefficient (Wildman–Crippen LogP) is 5.50. The van der Waals surface area contributed by atoms with Gasteiger partial charge in [-0.3, -0.25) is 4.79 Å². The highest BCUT2D eigenvalue weighted by atomic mass is 16.5. The number of carbonyl (C=O) groups is 1. The van der Waals surface area contributed by atoms with E-state index in [4.69, 9.17) is 9.47 Å². The molecule has 1 amide bonds. The standard InChI is InChI=1S/C24H33NO3/c1-4-27-21-14-16-23(17-15-21)28-22-12-10-19(11-13-22)24(26)25(18(2)3)20-8-6-5-7-9-20/h10-16,18,20,23H,4-9,17H2,1-3H3. The lowest BCUT2D eigenvalue weighted by Gasteiger charge is -2.37. The summed E-state index contributed by atoms with van der Waals surface area (Å²) in [6.07, 6.45) is 12.8. The van der Waals surface area contributed by atoms with Crippen LogP contribution < -0.4 is 4.74 Å². The second-order valence-corrected chi connectivity index (χ2v) is 7.91. The van der Waals surface area contributed by atoms with E-state index in [0.717, 1.165) is 36.3 Å². The summed E-state index contributed by atoms with van der Waals surface area (Å²) < 4.78 is 11.5. The molecule has 1 saturated carbocycles. The monoisotopic (exact) mass is 383 g/mol. The van der Waals surface area contributed by atoms with Gasteiger partial charge in [0.25, 0.3) is 5.91 Å². The molecule has 1 unspecified atom stereocenters. The lowest BCUT2D eigenvalue weighted by Crippen LogP contribution is -2.45. The molecule has 1 fully saturated rings. The maximum atomic E-state index is 13.1. The SMILES string of the molecule is CCOC1=CCC(Oc2ccc(C(=O)N(C(C)C)C3CCCCC3)cc2)C=C1. The zero-order chi connectivity index (χ0) is 19.9. The Balaban J connectivity index is 1.61. The zero-order valence-electron chi connectivity index (χ0n) is 17.4. The minimum absolute atomic E-state index is 0.000147. The van der Waals surface area contributed by atoms with Crippen LogP contribution in [0.15, 0.2) is 48.3 Å². The highest BCUT2D eigenvalue weighted by molar-refractivity contribution is 5.94. The van der Waals surface area contributed by atoms with Crippen LogP contribution in [0.5, 0.6) is 5.75 Å². The summed E-state index contributed by atoms with van der Waals surface area (Å²) in [5, 5.41) is 0. The average molecular weight is 384 g/mol. The lowest BCUT2D eigenvalue weighted by atomic mass is 9.93.